The number of benzene rings is 2. The van der Waals surface area contributed by atoms with E-state index in [1.807, 2.05) is 54.6 Å². The van der Waals surface area contributed by atoms with Gasteiger partial charge in [-0.25, -0.2) is 0 Å². The molecule has 4 nitrogen and oxygen atoms in total. The van der Waals surface area contributed by atoms with Crippen LogP contribution in [-0.2, 0) is 0 Å². The molecule has 0 heterocycles. The molecule has 0 spiro atoms. The third-order valence-corrected chi connectivity index (χ3v) is 3.56. The molecule has 1 unspecified atom stereocenters. The summed E-state index contributed by atoms with van der Waals surface area (Å²) in [6, 6.07) is 17.4. The summed E-state index contributed by atoms with van der Waals surface area (Å²) in [7, 11) is 0. The van der Waals surface area contributed by atoms with Crippen molar-refractivity contribution in [3.63, 3.8) is 0 Å². The highest BCUT2D eigenvalue weighted by Crippen LogP contribution is 2.23. The van der Waals surface area contributed by atoms with Crippen molar-refractivity contribution in [2.24, 2.45) is 11.5 Å². The normalized spacial score (nSPS) is 11.4. The van der Waals surface area contributed by atoms with Crippen LogP contribution < -0.4 is 16.8 Å². The minimum Gasteiger partial charge on any atom is -0.350 e. The Bertz CT molecular complexity index is 604. The van der Waals surface area contributed by atoms with E-state index in [9.17, 15) is 4.79 Å². The van der Waals surface area contributed by atoms with Gasteiger partial charge in [0.15, 0.2) is 0 Å². The summed E-state index contributed by atoms with van der Waals surface area (Å²) >= 11 is 0. The van der Waals surface area contributed by atoms with Gasteiger partial charge in [0.25, 0.3) is 5.91 Å². The SMILES string of the molecule is Cl.NCCCC(N)CNC(=O)c1ccccc1-c1ccccc1. The van der Waals surface area contributed by atoms with Gasteiger partial charge in [-0.3, -0.25) is 4.79 Å². The van der Waals surface area contributed by atoms with Crippen LogP contribution in [-0.4, -0.2) is 25.0 Å². The van der Waals surface area contributed by atoms with E-state index in [0.717, 1.165) is 24.0 Å². The van der Waals surface area contributed by atoms with E-state index in [0.29, 0.717) is 18.7 Å². The Kier molecular flexibility index (Phi) is 8.33. The first-order valence-electron chi connectivity index (χ1n) is 7.60. The van der Waals surface area contributed by atoms with Gasteiger partial charge in [0.05, 0.1) is 0 Å². The van der Waals surface area contributed by atoms with Gasteiger partial charge in [-0.2, -0.15) is 0 Å². The molecule has 5 heteroatoms. The summed E-state index contributed by atoms with van der Waals surface area (Å²) in [6.45, 7) is 1.08. The Morgan fingerprint density at radius 2 is 1.70 bits per heavy atom. The maximum Gasteiger partial charge on any atom is 0.251 e. The van der Waals surface area contributed by atoms with Crippen LogP contribution in [0.25, 0.3) is 11.1 Å². The molecule has 0 fully saturated rings. The van der Waals surface area contributed by atoms with Crippen LogP contribution >= 0.6 is 12.4 Å². The Labute approximate surface area is 143 Å². The topological polar surface area (TPSA) is 81.1 Å². The summed E-state index contributed by atoms with van der Waals surface area (Å²) in [5.74, 6) is -0.0948. The van der Waals surface area contributed by atoms with Crippen LogP contribution in [0.15, 0.2) is 54.6 Å². The minimum absolute atomic E-state index is 0. The number of halogens is 1. The molecular weight excluding hydrogens is 310 g/mol. The van der Waals surface area contributed by atoms with Crippen molar-refractivity contribution in [2.75, 3.05) is 13.1 Å². The molecule has 2 aromatic carbocycles. The Hall–Kier alpha value is -1.88. The maximum atomic E-state index is 12.4. The Balaban J connectivity index is 0.00000264. The lowest BCUT2D eigenvalue weighted by Gasteiger charge is -2.14. The molecule has 0 aliphatic carbocycles. The summed E-state index contributed by atoms with van der Waals surface area (Å²) in [4.78, 5) is 12.4. The van der Waals surface area contributed by atoms with Gasteiger partial charge >= 0.3 is 0 Å². The Morgan fingerprint density at radius 1 is 1.04 bits per heavy atom. The van der Waals surface area contributed by atoms with Gasteiger partial charge in [-0.15, -0.1) is 12.4 Å². The predicted molar refractivity (Wildman–Crippen MR) is 97.7 cm³/mol. The van der Waals surface area contributed by atoms with Crippen LogP contribution in [0.4, 0.5) is 0 Å². The molecular formula is C18H24ClN3O. The fraction of sp³-hybridized carbons (Fsp3) is 0.278. The van der Waals surface area contributed by atoms with E-state index in [1.54, 1.807) is 0 Å². The van der Waals surface area contributed by atoms with Crippen molar-refractivity contribution in [3.8, 4) is 11.1 Å². The van der Waals surface area contributed by atoms with Crippen molar-refractivity contribution in [1.29, 1.82) is 0 Å². The first-order valence-corrected chi connectivity index (χ1v) is 7.60. The number of hydrogen-bond donors (Lipinski definition) is 3. The molecule has 0 aromatic heterocycles. The molecule has 124 valence electrons. The molecule has 0 saturated heterocycles. The fourth-order valence-electron chi connectivity index (χ4n) is 2.35. The highest BCUT2D eigenvalue weighted by molar-refractivity contribution is 6.00. The molecule has 1 atom stereocenters. The van der Waals surface area contributed by atoms with E-state index in [1.165, 1.54) is 0 Å². The average Bonchev–Trinajstić information content (AvgIpc) is 2.58. The molecule has 2 rings (SSSR count). The van der Waals surface area contributed by atoms with Crippen LogP contribution in [0.1, 0.15) is 23.2 Å². The van der Waals surface area contributed by atoms with E-state index < -0.39 is 0 Å². The van der Waals surface area contributed by atoms with E-state index in [-0.39, 0.29) is 24.4 Å². The number of nitrogens with two attached hydrogens (primary N) is 2. The quantitative estimate of drug-likeness (QED) is 0.728. The summed E-state index contributed by atoms with van der Waals surface area (Å²) in [5.41, 5.74) is 14.1. The second-order valence-electron chi connectivity index (χ2n) is 5.31. The first-order chi connectivity index (χ1) is 10.7. The van der Waals surface area contributed by atoms with Gasteiger partial charge in [-0.1, -0.05) is 48.5 Å². The number of amides is 1. The van der Waals surface area contributed by atoms with Gasteiger partial charge in [0.1, 0.15) is 0 Å². The molecule has 1 amide bonds. The first kappa shape index (κ1) is 19.2. The largest absolute Gasteiger partial charge is 0.350 e. The smallest absolute Gasteiger partial charge is 0.251 e. The number of carbonyl (C=O) groups is 1. The van der Waals surface area contributed by atoms with E-state index in [4.69, 9.17) is 11.5 Å². The van der Waals surface area contributed by atoms with Gasteiger partial charge in [-0.05, 0) is 36.6 Å². The second-order valence-corrected chi connectivity index (χ2v) is 5.31. The number of hydrogen-bond acceptors (Lipinski definition) is 3. The van der Waals surface area contributed by atoms with Crippen LogP contribution in [0, 0.1) is 0 Å². The fourth-order valence-corrected chi connectivity index (χ4v) is 2.35. The number of rotatable bonds is 7. The number of carbonyl (C=O) groups excluding carboxylic acids is 1. The molecule has 0 bridgehead atoms. The third kappa shape index (κ3) is 5.67. The van der Waals surface area contributed by atoms with Gasteiger partial charge < -0.3 is 16.8 Å². The molecule has 0 aliphatic rings. The summed E-state index contributed by atoms with van der Waals surface area (Å²) in [5, 5.41) is 2.91. The standard InChI is InChI=1S/C18H23N3O.ClH/c19-12-6-9-15(20)13-21-18(22)17-11-5-4-10-16(17)14-7-2-1-3-8-14;/h1-5,7-8,10-11,15H,6,9,12-13,19-20H2,(H,21,22);1H. The summed E-state index contributed by atoms with van der Waals surface area (Å²) in [6.07, 6.45) is 1.69. The molecule has 5 N–H and O–H groups in total. The van der Waals surface area contributed by atoms with Gasteiger partial charge in [0, 0.05) is 18.2 Å². The summed E-state index contributed by atoms with van der Waals surface area (Å²) < 4.78 is 0. The zero-order valence-electron chi connectivity index (χ0n) is 13.1. The average molecular weight is 334 g/mol. The monoisotopic (exact) mass is 333 g/mol. The Morgan fingerprint density at radius 3 is 2.39 bits per heavy atom. The van der Waals surface area contributed by atoms with Crippen molar-refractivity contribution in [1.82, 2.24) is 5.32 Å². The second kappa shape index (κ2) is 10.0. The van der Waals surface area contributed by atoms with Crippen molar-refractivity contribution in [3.05, 3.63) is 60.2 Å². The number of nitrogens with one attached hydrogen (secondary N) is 1. The lowest BCUT2D eigenvalue weighted by Crippen LogP contribution is -2.37. The molecule has 2 aromatic rings. The zero-order valence-corrected chi connectivity index (χ0v) is 13.9. The minimum atomic E-state index is -0.0948. The predicted octanol–water partition coefficient (Wildman–Crippen LogP) is 2.57. The van der Waals surface area contributed by atoms with Crippen molar-refractivity contribution in [2.45, 2.75) is 18.9 Å². The van der Waals surface area contributed by atoms with Gasteiger partial charge in [0.2, 0.25) is 0 Å². The highest BCUT2D eigenvalue weighted by atomic mass is 35.5. The maximum absolute atomic E-state index is 12.4. The van der Waals surface area contributed by atoms with Crippen molar-refractivity contribution < 1.29 is 4.79 Å². The lowest BCUT2D eigenvalue weighted by atomic mass is 9.99. The molecule has 0 saturated carbocycles. The third-order valence-electron chi connectivity index (χ3n) is 3.56. The van der Waals surface area contributed by atoms with Crippen molar-refractivity contribution >= 4 is 18.3 Å². The molecule has 23 heavy (non-hydrogen) atoms. The zero-order chi connectivity index (χ0) is 15.8. The highest BCUT2D eigenvalue weighted by Gasteiger charge is 2.13. The van der Waals surface area contributed by atoms with Crippen LogP contribution in [0.3, 0.4) is 0 Å². The van der Waals surface area contributed by atoms with Crippen LogP contribution in [0.5, 0.6) is 0 Å². The molecule has 0 radical (unpaired) electrons. The van der Waals surface area contributed by atoms with Crippen LogP contribution in [0.2, 0.25) is 0 Å². The van der Waals surface area contributed by atoms with E-state index >= 15 is 0 Å². The lowest BCUT2D eigenvalue weighted by molar-refractivity contribution is 0.0951. The van der Waals surface area contributed by atoms with E-state index in [2.05, 4.69) is 5.32 Å². The molecule has 0 aliphatic heterocycles.